The zero-order valence-corrected chi connectivity index (χ0v) is 11.8. The van der Waals surface area contributed by atoms with Crippen molar-refractivity contribution in [1.82, 2.24) is 0 Å². The molecule has 2 N–H and O–H groups in total. The number of hydrogen-bond acceptors (Lipinski definition) is 3. The van der Waals surface area contributed by atoms with Gasteiger partial charge in [-0.15, -0.1) is 0 Å². The van der Waals surface area contributed by atoms with Gasteiger partial charge in [-0.1, -0.05) is 19.3 Å². The van der Waals surface area contributed by atoms with Gasteiger partial charge < -0.3 is 15.4 Å². The number of hydrogen-bond donors (Lipinski definition) is 1. The van der Waals surface area contributed by atoms with Gasteiger partial charge in [-0.2, -0.15) is 0 Å². The highest BCUT2D eigenvalue weighted by atomic mass is 19.1. The molecule has 106 valence electrons. The summed E-state index contributed by atoms with van der Waals surface area (Å²) in [6, 6.07) is 3.58. The van der Waals surface area contributed by atoms with Crippen LogP contribution in [-0.2, 0) is 0 Å². The van der Waals surface area contributed by atoms with Crippen LogP contribution in [0.4, 0.5) is 15.8 Å². The Kier molecular flexibility index (Phi) is 4.51. The topological polar surface area (TPSA) is 38.5 Å². The number of anilines is 2. The van der Waals surface area contributed by atoms with Crippen LogP contribution in [0.5, 0.6) is 5.75 Å². The number of nitrogen functional groups attached to an aromatic ring is 1. The normalized spacial score (nSPS) is 16.4. The first-order chi connectivity index (χ1) is 9.13. The first kappa shape index (κ1) is 14.0. The number of ether oxygens (including phenoxy) is 1. The highest BCUT2D eigenvalue weighted by molar-refractivity contribution is 5.70. The maximum atomic E-state index is 13.7. The quantitative estimate of drug-likeness (QED) is 0.847. The molecule has 0 amide bonds. The molecule has 1 aromatic rings. The van der Waals surface area contributed by atoms with Gasteiger partial charge in [-0.25, -0.2) is 4.39 Å². The summed E-state index contributed by atoms with van der Waals surface area (Å²) in [4.78, 5) is 2.18. The molecule has 0 aromatic heterocycles. The second-order valence-electron chi connectivity index (χ2n) is 5.18. The van der Waals surface area contributed by atoms with Crippen LogP contribution >= 0.6 is 0 Å². The molecular weight excluding hydrogens is 243 g/mol. The van der Waals surface area contributed by atoms with Crippen LogP contribution in [0, 0.1) is 5.82 Å². The molecule has 1 aliphatic carbocycles. The minimum atomic E-state index is -0.389. The van der Waals surface area contributed by atoms with E-state index >= 15 is 0 Å². The first-order valence-electron chi connectivity index (χ1n) is 7.08. The third-order valence-electron chi connectivity index (χ3n) is 3.88. The highest BCUT2D eigenvalue weighted by Gasteiger charge is 2.21. The lowest BCUT2D eigenvalue weighted by Gasteiger charge is -2.33. The molecule has 0 unspecified atom stereocenters. The second-order valence-corrected chi connectivity index (χ2v) is 5.18. The van der Waals surface area contributed by atoms with Crippen molar-refractivity contribution in [3.63, 3.8) is 0 Å². The van der Waals surface area contributed by atoms with Gasteiger partial charge >= 0.3 is 0 Å². The molecule has 0 radical (unpaired) electrons. The fraction of sp³-hybridized carbons (Fsp3) is 0.600. The summed E-state index contributed by atoms with van der Waals surface area (Å²) in [5.41, 5.74) is 7.31. The van der Waals surface area contributed by atoms with E-state index in [1.54, 1.807) is 6.07 Å². The first-order valence-corrected chi connectivity index (χ1v) is 7.08. The smallest absolute Gasteiger partial charge is 0.167 e. The van der Waals surface area contributed by atoms with Gasteiger partial charge in [0.1, 0.15) is 0 Å². The average molecular weight is 266 g/mol. The SMILES string of the molecule is CCOc1cc(N(C)C2CCCCC2)c(N)cc1F. The maximum absolute atomic E-state index is 13.7. The molecule has 1 saturated carbocycles. The summed E-state index contributed by atoms with van der Waals surface area (Å²) in [6.07, 6.45) is 6.19. The van der Waals surface area contributed by atoms with Crippen LogP contribution in [0.3, 0.4) is 0 Å². The second kappa shape index (κ2) is 6.13. The minimum absolute atomic E-state index is 0.286. The molecule has 19 heavy (non-hydrogen) atoms. The Morgan fingerprint density at radius 2 is 2.00 bits per heavy atom. The van der Waals surface area contributed by atoms with E-state index in [1.807, 2.05) is 14.0 Å². The summed E-state index contributed by atoms with van der Waals surface area (Å²) >= 11 is 0. The van der Waals surface area contributed by atoms with E-state index in [4.69, 9.17) is 10.5 Å². The van der Waals surface area contributed by atoms with Gasteiger partial charge in [0, 0.05) is 25.2 Å². The molecule has 0 spiro atoms. The average Bonchev–Trinajstić information content (AvgIpc) is 2.42. The lowest BCUT2D eigenvalue weighted by molar-refractivity contribution is 0.321. The molecule has 0 saturated heterocycles. The van der Waals surface area contributed by atoms with E-state index in [-0.39, 0.29) is 11.6 Å². The van der Waals surface area contributed by atoms with Gasteiger partial charge in [0.15, 0.2) is 11.6 Å². The maximum Gasteiger partial charge on any atom is 0.167 e. The van der Waals surface area contributed by atoms with Gasteiger partial charge in [-0.3, -0.25) is 0 Å². The fourth-order valence-electron chi connectivity index (χ4n) is 2.79. The van der Waals surface area contributed by atoms with E-state index in [0.717, 1.165) is 5.69 Å². The monoisotopic (exact) mass is 266 g/mol. The van der Waals surface area contributed by atoms with E-state index in [9.17, 15) is 4.39 Å². The zero-order chi connectivity index (χ0) is 13.8. The van der Waals surface area contributed by atoms with Crippen molar-refractivity contribution in [2.75, 3.05) is 24.3 Å². The van der Waals surface area contributed by atoms with E-state index < -0.39 is 0 Å². The minimum Gasteiger partial charge on any atom is -0.491 e. The molecule has 3 nitrogen and oxygen atoms in total. The zero-order valence-electron chi connectivity index (χ0n) is 11.8. The Morgan fingerprint density at radius 3 is 2.63 bits per heavy atom. The lowest BCUT2D eigenvalue weighted by atomic mass is 9.94. The number of nitrogens with zero attached hydrogens (tertiary/aromatic N) is 1. The van der Waals surface area contributed by atoms with Crippen molar-refractivity contribution in [2.45, 2.75) is 45.1 Å². The Labute approximate surface area is 114 Å². The van der Waals surface area contributed by atoms with Crippen LogP contribution in [0.2, 0.25) is 0 Å². The molecule has 1 aliphatic rings. The van der Waals surface area contributed by atoms with Crippen LogP contribution in [0.1, 0.15) is 39.0 Å². The molecule has 0 aliphatic heterocycles. The Bertz CT molecular complexity index is 430. The van der Waals surface area contributed by atoms with Crippen molar-refractivity contribution in [1.29, 1.82) is 0 Å². The molecule has 1 aromatic carbocycles. The summed E-state index contributed by atoms with van der Waals surface area (Å²) in [6.45, 7) is 2.30. The molecule has 0 atom stereocenters. The van der Waals surface area contributed by atoms with Gasteiger partial charge in [0.2, 0.25) is 0 Å². The molecule has 0 bridgehead atoms. The van der Waals surface area contributed by atoms with Crippen LogP contribution < -0.4 is 15.4 Å². The van der Waals surface area contributed by atoms with Gasteiger partial charge in [0.05, 0.1) is 18.0 Å². The van der Waals surface area contributed by atoms with Crippen LogP contribution in [0.25, 0.3) is 0 Å². The predicted octanol–water partition coefficient (Wildman–Crippen LogP) is 3.58. The number of nitrogens with two attached hydrogens (primary N) is 1. The van der Waals surface area contributed by atoms with Gasteiger partial charge in [-0.05, 0) is 19.8 Å². The third-order valence-corrected chi connectivity index (χ3v) is 3.88. The molecule has 0 heterocycles. The van der Waals surface area contributed by atoms with E-state index in [0.29, 0.717) is 18.3 Å². The Balaban J connectivity index is 2.24. The number of rotatable bonds is 4. The van der Waals surface area contributed by atoms with E-state index in [2.05, 4.69) is 4.90 Å². The summed E-state index contributed by atoms with van der Waals surface area (Å²) < 4.78 is 19.0. The third kappa shape index (κ3) is 3.11. The fourth-order valence-corrected chi connectivity index (χ4v) is 2.79. The number of benzene rings is 1. The molecule has 1 fully saturated rings. The summed E-state index contributed by atoms with van der Waals surface area (Å²) in [5.74, 6) is -0.102. The van der Waals surface area contributed by atoms with E-state index in [1.165, 1.54) is 38.2 Å². The summed E-state index contributed by atoms with van der Waals surface area (Å²) in [7, 11) is 2.04. The largest absolute Gasteiger partial charge is 0.491 e. The molecule has 4 heteroatoms. The molecule has 2 rings (SSSR count). The lowest BCUT2D eigenvalue weighted by Crippen LogP contribution is -2.33. The van der Waals surface area contributed by atoms with Crippen molar-refractivity contribution >= 4 is 11.4 Å². The Morgan fingerprint density at radius 1 is 1.32 bits per heavy atom. The van der Waals surface area contributed by atoms with Crippen molar-refractivity contribution in [3.8, 4) is 5.75 Å². The van der Waals surface area contributed by atoms with Crippen molar-refractivity contribution < 1.29 is 9.13 Å². The summed E-state index contributed by atoms with van der Waals surface area (Å²) in [5, 5.41) is 0. The predicted molar refractivity (Wildman–Crippen MR) is 77.3 cm³/mol. The van der Waals surface area contributed by atoms with Crippen LogP contribution in [0.15, 0.2) is 12.1 Å². The highest BCUT2D eigenvalue weighted by Crippen LogP contribution is 2.34. The van der Waals surface area contributed by atoms with Crippen molar-refractivity contribution in [3.05, 3.63) is 17.9 Å². The number of halogens is 1. The molecular formula is C15H23FN2O. The van der Waals surface area contributed by atoms with Crippen LogP contribution in [-0.4, -0.2) is 19.7 Å². The standard InChI is InChI=1S/C15H23FN2O/c1-3-19-15-10-14(13(17)9-12(15)16)18(2)11-7-5-4-6-8-11/h9-11H,3-8,17H2,1-2H3. The van der Waals surface area contributed by atoms with Crippen molar-refractivity contribution in [2.24, 2.45) is 0 Å². The Hall–Kier alpha value is -1.45. The van der Waals surface area contributed by atoms with Gasteiger partial charge in [0.25, 0.3) is 0 Å².